The van der Waals surface area contributed by atoms with Crippen molar-refractivity contribution < 1.29 is 13.2 Å². The number of benzene rings is 1. The molecule has 3 heterocycles. The molecule has 1 aromatic carbocycles. The van der Waals surface area contributed by atoms with Crippen LogP contribution in [0.5, 0.6) is 0 Å². The van der Waals surface area contributed by atoms with E-state index < -0.39 is 10.0 Å². The molecule has 1 aliphatic carbocycles. The van der Waals surface area contributed by atoms with Gasteiger partial charge in [-0.3, -0.25) is 4.79 Å². The first-order valence-corrected chi connectivity index (χ1v) is 14.3. The number of piperidine rings is 1. The summed E-state index contributed by atoms with van der Waals surface area (Å²) >= 11 is 0. The maximum atomic E-state index is 12.9. The predicted molar refractivity (Wildman–Crippen MR) is 140 cm³/mol. The maximum Gasteiger partial charge on any atom is 0.240 e. The van der Waals surface area contributed by atoms with Gasteiger partial charge in [-0.15, -0.1) is 0 Å². The Hall–Kier alpha value is -2.76. The summed E-state index contributed by atoms with van der Waals surface area (Å²) < 4.78 is 28.6. The molecule has 2 aromatic rings. The van der Waals surface area contributed by atoms with Gasteiger partial charge >= 0.3 is 0 Å². The third-order valence-electron chi connectivity index (χ3n) is 7.55. The molecule has 0 radical (unpaired) electrons. The SMILES string of the molecule is CN1CCC(NS(=O)(=O)c2ccc(Nc3ncc4c(n3)N(C3CCCC3)CCC(=O)N4C)cc2)CC1. The third kappa shape index (κ3) is 5.33. The van der Waals surface area contributed by atoms with Crippen molar-refractivity contribution in [3.05, 3.63) is 30.5 Å². The number of likely N-dealkylation sites (tertiary alicyclic amines) is 1. The molecule has 3 aliphatic rings. The van der Waals surface area contributed by atoms with Gasteiger partial charge in [0.25, 0.3) is 0 Å². The Balaban J connectivity index is 1.32. The molecule has 1 aromatic heterocycles. The molecule has 11 heteroatoms. The fourth-order valence-electron chi connectivity index (χ4n) is 5.33. The van der Waals surface area contributed by atoms with Gasteiger partial charge in [-0.05, 0) is 70.1 Å². The number of fused-ring (bicyclic) bond motifs is 1. The first-order chi connectivity index (χ1) is 17.3. The number of rotatable bonds is 6. The van der Waals surface area contributed by atoms with Crippen LogP contribution in [0.1, 0.15) is 44.9 Å². The van der Waals surface area contributed by atoms with Crippen molar-refractivity contribution in [2.45, 2.75) is 61.9 Å². The molecule has 36 heavy (non-hydrogen) atoms. The van der Waals surface area contributed by atoms with Gasteiger partial charge in [-0.1, -0.05) is 12.8 Å². The Kier molecular flexibility index (Phi) is 7.14. The second kappa shape index (κ2) is 10.3. The van der Waals surface area contributed by atoms with Crippen LogP contribution in [0, 0.1) is 0 Å². The van der Waals surface area contributed by atoms with Crippen LogP contribution < -0.4 is 19.8 Å². The lowest BCUT2D eigenvalue weighted by atomic mass is 10.1. The van der Waals surface area contributed by atoms with Crippen molar-refractivity contribution in [3.8, 4) is 0 Å². The highest BCUT2D eigenvalue weighted by molar-refractivity contribution is 7.89. The van der Waals surface area contributed by atoms with Crippen LogP contribution in [0.3, 0.4) is 0 Å². The normalized spacial score (nSPS) is 20.4. The summed E-state index contributed by atoms with van der Waals surface area (Å²) in [6.45, 7) is 2.42. The first kappa shape index (κ1) is 24.9. The van der Waals surface area contributed by atoms with Gasteiger partial charge in [0.2, 0.25) is 21.9 Å². The zero-order chi connectivity index (χ0) is 25.3. The fraction of sp³-hybridized carbons (Fsp3) is 0.560. The minimum atomic E-state index is -3.58. The van der Waals surface area contributed by atoms with Crippen LogP contribution in [0.4, 0.5) is 23.1 Å². The topological polar surface area (TPSA) is 111 Å². The quantitative estimate of drug-likeness (QED) is 0.607. The number of anilines is 4. The highest BCUT2D eigenvalue weighted by Gasteiger charge is 2.31. The second-order valence-corrected chi connectivity index (χ2v) is 11.8. The highest BCUT2D eigenvalue weighted by atomic mass is 32.2. The Morgan fingerprint density at radius 1 is 0.972 bits per heavy atom. The molecule has 1 saturated heterocycles. The summed E-state index contributed by atoms with van der Waals surface area (Å²) in [4.78, 5) is 28.2. The smallest absolute Gasteiger partial charge is 0.240 e. The molecular formula is C25H35N7O3S. The largest absolute Gasteiger partial charge is 0.351 e. The molecule has 2 aliphatic heterocycles. The molecule has 10 nitrogen and oxygen atoms in total. The second-order valence-electron chi connectivity index (χ2n) is 10.1. The number of carbonyl (C=O) groups excluding carboxylic acids is 1. The molecule has 5 rings (SSSR count). The molecule has 0 unspecified atom stereocenters. The molecule has 0 spiro atoms. The van der Waals surface area contributed by atoms with Crippen LogP contribution in [0.15, 0.2) is 35.4 Å². The minimum absolute atomic E-state index is 0.0372. The van der Waals surface area contributed by atoms with Gasteiger partial charge in [0.1, 0.15) is 5.69 Å². The monoisotopic (exact) mass is 513 g/mol. The van der Waals surface area contributed by atoms with Crippen LogP contribution in [-0.2, 0) is 14.8 Å². The average Bonchev–Trinajstić information content (AvgIpc) is 3.36. The summed E-state index contributed by atoms with van der Waals surface area (Å²) in [5.74, 6) is 1.25. The average molecular weight is 514 g/mol. The summed E-state index contributed by atoms with van der Waals surface area (Å²) in [5, 5.41) is 3.20. The lowest BCUT2D eigenvalue weighted by Crippen LogP contribution is -2.43. The van der Waals surface area contributed by atoms with E-state index in [4.69, 9.17) is 4.98 Å². The molecule has 2 fully saturated rings. The first-order valence-electron chi connectivity index (χ1n) is 12.8. The number of nitrogens with one attached hydrogen (secondary N) is 2. The standard InChI is InChI=1S/C25H35N7O3S/c1-30-14-11-19(12-15-30)29-36(34,35)21-9-7-18(8-10-21)27-25-26-17-22-24(28-25)32(20-5-3-4-6-20)16-13-23(33)31(22)2/h7-10,17,19-20,29H,3-6,11-16H2,1-2H3,(H,26,27,28). The molecular weight excluding hydrogens is 478 g/mol. The van der Waals surface area contributed by atoms with Crippen molar-refractivity contribution in [3.63, 3.8) is 0 Å². The fourth-order valence-corrected chi connectivity index (χ4v) is 6.64. The maximum absolute atomic E-state index is 12.9. The van der Waals surface area contributed by atoms with E-state index in [1.54, 1.807) is 42.4 Å². The van der Waals surface area contributed by atoms with Gasteiger partial charge in [0.15, 0.2) is 5.82 Å². The lowest BCUT2D eigenvalue weighted by molar-refractivity contribution is -0.118. The van der Waals surface area contributed by atoms with E-state index in [0.717, 1.165) is 50.3 Å². The number of sulfonamides is 1. The Bertz CT molecular complexity index is 1190. The summed E-state index contributed by atoms with van der Waals surface area (Å²) in [6.07, 6.45) is 8.36. The minimum Gasteiger partial charge on any atom is -0.351 e. The van der Waals surface area contributed by atoms with Gasteiger partial charge in [0.05, 0.1) is 11.1 Å². The van der Waals surface area contributed by atoms with Gasteiger partial charge < -0.3 is 20.0 Å². The number of hydrogen-bond acceptors (Lipinski definition) is 8. The summed E-state index contributed by atoms with van der Waals surface area (Å²) in [6, 6.07) is 6.99. The van der Waals surface area contributed by atoms with Crippen molar-refractivity contribution in [1.29, 1.82) is 0 Å². The van der Waals surface area contributed by atoms with E-state index in [1.807, 2.05) is 7.05 Å². The molecule has 0 bridgehead atoms. The zero-order valence-corrected chi connectivity index (χ0v) is 21.8. The summed E-state index contributed by atoms with van der Waals surface area (Å²) in [7, 11) is 0.239. The van der Waals surface area contributed by atoms with E-state index in [2.05, 4.69) is 24.8 Å². The van der Waals surface area contributed by atoms with E-state index in [-0.39, 0.29) is 16.8 Å². The Morgan fingerprint density at radius 2 is 1.67 bits per heavy atom. The van der Waals surface area contributed by atoms with Crippen molar-refractivity contribution in [1.82, 2.24) is 19.6 Å². The number of hydrogen-bond donors (Lipinski definition) is 2. The zero-order valence-electron chi connectivity index (χ0n) is 21.0. The van der Waals surface area contributed by atoms with Crippen LogP contribution in [0.2, 0.25) is 0 Å². The number of aromatic nitrogens is 2. The molecule has 194 valence electrons. The number of amides is 1. The van der Waals surface area contributed by atoms with Crippen molar-refractivity contribution >= 4 is 39.1 Å². The highest BCUT2D eigenvalue weighted by Crippen LogP contribution is 2.36. The van der Waals surface area contributed by atoms with Gasteiger partial charge in [-0.2, -0.15) is 4.98 Å². The molecule has 2 N–H and O–H groups in total. The van der Waals surface area contributed by atoms with E-state index in [1.165, 1.54) is 12.8 Å². The molecule has 0 atom stereocenters. The van der Waals surface area contributed by atoms with Crippen molar-refractivity contribution in [2.75, 3.05) is 48.8 Å². The number of nitrogens with zero attached hydrogens (tertiary/aromatic N) is 5. The van der Waals surface area contributed by atoms with Crippen LogP contribution in [0.25, 0.3) is 0 Å². The summed E-state index contributed by atoms with van der Waals surface area (Å²) in [5.41, 5.74) is 1.41. The third-order valence-corrected chi connectivity index (χ3v) is 9.09. The van der Waals surface area contributed by atoms with Crippen LogP contribution >= 0.6 is 0 Å². The molecule has 1 amide bonds. The van der Waals surface area contributed by atoms with E-state index >= 15 is 0 Å². The van der Waals surface area contributed by atoms with Gasteiger partial charge in [0, 0.05) is 37.8 Å². The predicted octanol–water partition coefficient (Wildman–Crippen LogP) is 2.71. The van der Waals surface area contributed by atoms with Crippen molar-refractivity contribution in [2.24, 2.45) is 0 Å². The van der Waals surface area contributed by atoms with Gasteiger partial charge in [-0.25, -0.2) is 18.1 Å². The molecule has 1 saturated carbocycles. The van der Waals surface area contributed by atoms with E-state index in [0.29, 0.717) is 30.6 Å². The lowest BCUT2D eigenvalue weighted by Gasteiger charge is -2.30. The Labute approximate surface area is 213 Å². The number of carbonyl (C=O) groups is 1. The Morgan fingerprint density at radius 3 is 2.36 bits per heavy atom. The van der Waals surface area contributed by atoms with E-state index in [9.17, 15) is 13.2 Å². The van der Waals surface area contributed by atoms with Crippen LogP contribution in [-0.4, -0.2) is 75.0 Å².